The summed E-state index contributed by atoms with van der Waals surface area (Å²) < 4.78 is 7.41. The summed E-state index contributed by atoms with van der Waals surface area (Å²) in [5, 5.41) is 5.08. The van der Waals surface area contributed by atoms with Crippen LogP contribution in [0.5, 0.6) is 0 Å². The third-order valence-electron chi connectivity index (χ3n) is 3.04. The van der Waals surface area contributed by atoms with Crippen LogP contribution in [0.3, 0.4) is 0 Å². The Bertz CT molecular complexity index is 544. The number of carbonyl (C=O) groups excluding carboxylic acids is 1. The van der Waals surface area contributed by atoms with E-state index in [1.165, 1.54) is 0 Å². The van der Waals surface area contributed by atoms with E-state index in [1.807, 2.05) is 12.1 Å². The Labute approximate surface area is 98.4 Å². The van der Waals surface area contributed by atoms with Crippen LogP contribution in [-0.2, 0) is 4.74 Å². The van der Waals surface area contributed by atoms with Crippen LogP contribution < -0.4 is 0 Å². The van der Waals surface area contributed by atoms with E-state index in [0.717, 1.165) is 43.2 Å². The van der Waals surface area contributed by atoms with Gasteiger partial charge in [-0.2, -0.15) is 5.10 Å². The van der Waals surface area contributed by atoms with Gasteiger partial charge in [-0.15, -0.1) is 0 Å². The summed E-state index contributed by atoms with van der Waals surface area (Å²) in [6.07, 6.45) is 5.51. The molecule has 17 heavy (non-hydrogen) atoms. The van der Waals surface area contributed by atoms with Crippen LogP contribution in [0, 0.1) is 0 Å². The Morgan fingerprint density at radius 3 is 3.18 bits per heavy atom. The average molecular weight is 231 g/mol. The molecule has 0 radical (unpaired) electrons. The van der Waals surface area contributed by atoms with Gasteiger partial charge >= 0.3 is 0 Å². The molecule has 2 aromatic heterocycles. The van der Waals surface area contributed by atoms with Crippen molar-refractivity contribution in [1.29, 1.82) is 0 Å². The first-order valence-corrected chi connectivity index (χ1v) is 5.80. The van der Waals surface area contributed by atoms with E-state index in [2.05, 4.69) is 10.1 Å². The van der Waals surface area contributed by atoms with Gasteiger partial charge in [0.25, 0.3) is 0 Å². The second-order valence-electron chi connectivity index (χ2n) is 4.14. The van der Waals surface area contributed by atoms with Crippen LogP contribution in [-0.4, -0.2) is 27.7 Å². The van der Waals surface area contributed by atoms with Crippen molar-refractivity contribution in [1.82, 2.24) is 14.8 Å². The summed E-state index contributed by atoms with van der Waals surface area (Å²) in [6, 6.07) is 3.67. The highest BCUT2D eigenvalue weighted by atomic mass is 16.5. The number of hydrogen-bond donors (Lipinski definition) is 0. The molecule has 5 nitrogen and oxygen atoms in total. The number of aromatic nitrogens is 3. The zero-order chi connectivity index (χ0) is 11.7. The number of aldehydes is 1. The largest absolute Gasteiger partial charge is 0.356 e. The lowest BCUT2D eigenvalue weighted by atomic mass is 10.2. The van der Waals surface area contributed by atoms with E-state index in [-0.39, 0.29) is 6.23 Å². The number of hydrogen-bond acceptors (Lipinski definition) is 4. The molecule has 1 aliphatic heterocycles. The predicted octanol–water partition coefficient (Wildman–Crippen LogP) is 1.94. The summed E-state index contributed by atoms with van der Waals surface area (Å²) in [5.74, 6) is 0. The van der Waals surface area contributed by atoms with Crippen LogP contribution in [0.1, 0.15) is 36.0 Å². The van der Waals surface area contributed by atoms with Gasteiger partial charge in [-0.25, -0.2) is 9.67 Å². The average Bonchev–Trinajstić information content (AvgIpc) is 2.78. The van der Waals surface area contributed by atoms with Crippen molar-refractivity contribution in [2.75, 3.05) is 6.61 Å². The van der Waals surface area contributed by atoms with Gasteiger partial charge in [0.1, 0.15) is 5.69 Å². The smallest absolute Gasteiger partial charge is 0.171 e. The zero-order valence-corrected chi connectivity index (χ0v) is 9.37. The van der Waals surface area contributed by atoms with E-state index in [1.54, 1.807) is 10.9 Å². The second-order valence-corrected chi connectivity index (χ2v) is 4.14. The molecular formula is C12H13N3O2. The maximum absolute atomic E-state index is 11.0. The van der Waals surface area contributed by atoms with Crippen LogP contribution in [0.4, 0.5) is 0 Å². The molecule has 0 aromatic carbocycles. The van der Waals surface area contributed by atoms with E-state index in [0.29, 0.717) is 5.69 Å². The van der Waals surface area contributed by atoms with Crippen molar-refractivity contribution < 1.29 is 9.53 Å². The summed E-state index contributed by atoms with van der Waals surface area (Å²) in [7, 11) is 0. The number of ether oxygens (including phenoxy) is 1. The van der Waals surface area contributed by atoms with Gasteiger partial charge in [-0.1, -0.05) is 0 Å². The molecule has 5 heteroatoms. The molecule has 2 aromatic rings. The third kappa shape index (κ3) is 1.72. The summed E-state index contributed by atoms with van der Waals surface area (Å²) in [5.41, 5.74) is 1.16. The van der Waals surface area contributed by atoms with Crippen molar-refractivity contribution in [3.05, 3.63) is 24.0 Å². The Hall–Kier alpha value is -1.75. The second kappa shape index (κ2) is 4.25. The summed E-state index contributed by atoms with van der Waals surface area (Å²) >= 11 is 0. The highest BCUT2D eigenvalue weighted by Crippen LogP contribution is 2.26. The Kier molecular flexibility index (Phi) is 2.60. The van der Waals surface area contributed by atoms with Gasteiger partial charge < -0.3 is 4.74 Å². The number of fused-ring (bicyclic) bond motifs is 1. The van der Waals surface area contributed by atoms with Gasteiger partial charge in [0, 0.05) is 18.2 Å². The monoisotopic (exact) mass is 231 g/mol. The van der Waals surface area contributed by atoms with Crippen LogP contribution in [0.2, 0.25) is 0 Å². The lowest BCUT2D eigenvalue weighted by molar-refractivity contribution is -0.0370. The van der Waals surface area contributed by atoms with Crippen LogP contribution >= 0.6 is 0 Å². The molecule has 0 saturated carbocycles. The molecule has 1 aliphatic rings. The van der Waals surface area contributed by atoms with Gasteiger partial charge in [0.15, 0.2) is 18.2 Å². The standard InChI is InChI=1S/C12H13N3O2/c16-8-10-9-4-3-6-13-12(9)15(14-10)11-5-1-2-7-17-11/h3-4,6,8,11H,1-2,5,7H2. The topological polar surface area (TPSA) is 57.0 Å². The van der Waals surface area contributed by atoms with E-state index in [4.69, 9.17) is 4.74 Å². The molecule has 3 rings (SSSR count). The summed E-state index contributed by atoms with van der Waals surface area (Å²) in [6.45, 7) is 0.745. The first kappa shape index (κ1) is 10.4. The van der Waals surface area contributed by atoms with Crippen molar-refractivity contribution in [3.8, 4) is 0 Å². The van der Waals surface area contributed by atoms with Gasteiger partial charge in [-0.3, -0.25) is 4.79 Å². The zero-order valence-electron chi connectivity index (χ0n) is 9.37. The quantitative estimate of drug-likeness (QED) is 0.741. The Morgan fingerprint density at radius 1 is 1.47 bits per heavy atom. The molecule has 88 valence electrons. The maximum Gasteiger partial charge on any atom is 0.171 e. The van der Waals surface area contributed by atoms with Gasteiger partial charge in [0.05, 0.1) is 0 Å². The fraction of sp³-hybridized carbons (Fsp3) is 0.417. The molecule has 1 saturated heterocycles. The lowest BCUT2D eigenvalue weighted by Gasteiger charge is -2.22. The third-order valence-corrected chi connectivity index (χ3v) is 3.04. The molecule has 0 aliphatic carbocycles. The SMILES string of the molecule is O=Cc1nn(C2CCCCO2)c2ncccc12. The van der Waals surface area contributed by atoms with Crippen LogP contribution in [0.15, 0.2) is 18.3 Å². The Morgan fingerprint density at radius 2 is 2.41 bits per heavy atom. The Balaban J connectivity index is 2.11. The fourth-order valence-corrected chi connectivity index (χ4v) is 2.20. The van der Waals surface area contributed by atoms with Gasteiger partial charge in [-0.05, 0) is 31.4 Å². The lowest BCUT2D eigenvalue weighted by Crippen LogP contribution is -2.19. The molecule has 0 spiro atoms. The highest BCUT2D eigenvalue weighted by molar-refractivity contribution is 5.93. The molecule has 0 bridgehead atoms. The highest BCUT2D eigenvalue weighted by Gasteiger charge is 2.21. The van der Waals surface area contributed by atoms with Crippen molar-refractivity contribution >= 4 is 17.3 Å². The number of nitrogens with zero attached hydrogens (tertiary/aromatic N) is 3. The molecule has 3 heterocycles. The molecule has 1 unspecified atom stereocenters. The minimum atomic E-state index is -0.0881. The van der Waals surface area contributed by atoms with E-state index < -0.39 is 0 Å². The van der Waals surface area contributed by atoms with Gasteiger partial charge in [0.2, 0.25) is 0 Å². The number of carbonyl (C=O) groups is 1. The predicted molar refractivity (Wildman–Crippen MR) is 61.8 cm³/mol. The first-order valence-electron chi connectivity index (χ1n) is 5.80. The first-order chi connectivity index (χ1) is 8.40. The number of pyridine rings is 1. The van der Waals surface area contributed by atoms with E-state index >= 15 is 0 Å². The molecule has 1 fully saturated rings. The minimum absolute atomic E-state index is 0.0881. The normalized spacial score (nSPS) is 20.6. The molecule has 0 amide bonds. The summed E-state index contributed by atoms with van der Waals surface area (Å²) in [4.78, 5) is 15.3. The van der Waals surface area contributed by atoms with Crippen molar-refractivity contribution in [2.45, 2.75) is 25.5 Å². The molecule has 1 atom stereocenters. The number of rotatable bonds is 2. The van der Waals surface area contributed by atoms with Crippen molar-refractivity contribution in [2.24, 2.45) is 0 Å². The molecular weight excluding hydrogens is 218 g/mol. The van der Waals surface area contributed by atoms with Crippen molar-refractivity contribution in [3.63, 3.8) is 0 Å². The minimum Gasteiger partial charge on any atom is -0.356 e. The fourth-order valence-electron chi connectivity index (χ4n) is 2.20. The maximum atomic E-state index is 11.0. The molecule has 0 N–H and O–H groups in total. The van der Waals surface area contributed by atoms with Crippen LogP contribution in [0.25, 0.3) is 11.0 Å². The van der Waals surface area contributed by atoms with E-state index in [9.17, 15) is 4.79 Å².